The van der Waals surface area contributed by atoms with Gasteiger partial charge in [0.15, 0.2) is 0 Å². The van der Waals surface area contributed by atoms with E-state index in [1.54, 1.807) is 23.1 Å². The fourth-order valence-electron chi connectivity index (χ4n) is 1.87. The first kappa shape index (κ1) is 16.1. The summed E-state index contributed by atoms with van der Waals surface area (Å²) in [5, 5.41) is 16.6. The van der Waals surface area contributed by atoms with Gasteiger partial charge in [0, 0.05) is 12.3 Å². The molecule has 0 fully saturated rings. The van der Waals surface area contributed by atoms with Crippen molar-refractivity contribution in [2.75, 3.05) is 12.3 Å². The highest BCUT2D eigenvalue weighted by Crippen LogP contribution is 2.18. The van der Waals surface area contributed by atoms with Crippen LogP contribution >= 0.6 is 23.1 Å². The van der Waals surface area contributed by atoms with E-state index >= 15 is 0 Å². The summed E-state index contributed by atoms with van der Waals surface area (Å²) in [5.41, 5.74) is 2.15. The highest BCUT2D eigenvalue weighted by atomic mass is 32.2. The molecule has 3 nitrogen and oxygen atoms in total. The number of hydrogen-bond donors (Lipinski definition) is 2. The molecule has 0 aliphatic rings. The molecule has 2 rings (SSSR count). The number of carbonyl (C=O) groups excluding carboxylic acids is 1. The number of hydrogen-bond acceptors (Lipinski definition) is 4. The first-order chi connectivity index (χ1) is 10.3. The van der Waals surface area contributed by atoms with Crippen LogP contribution in [0.5, 0.6) is 0 Å². The second-order valence-corrected chi connectivity index (χ2v) is 6.46. The van der Waals surface area contributed by atoms with Gasteiger partial charge in [-0.2, -0.15) is 11.3 Å². The molecular weight excluding hydrogens is 302 g/mol. The Bertz CT molecular complexity index is 528. The second kappa shape index (κ2) is 8.87. The molecular formula is C16H19NO2S2. The van der Waals surface area contributed by atoms with Crippen molar-refractivity contribution in [1.29, 1.82) is 0 Å². The van der Waals surface area contributed by atoms with Crippen molar-refractivity contribution in [2.24, 2.45) is 0 Å². The molecule has 0 spiro atoms. The van der Waals surface area contributed by atoms with Crippen molar-refractivity contribution in [3.63, 3.8) is 0 Å². The molecule has 0 bridgehead atoms. The Morgan fingerprint density at radius 3 is 2.81 bits per heavy atom. The first-order valence-corrected chi connectivity index (χ1v) is 8.94. The largest absolute Gasteiger partial charge is 0.388 e. The van der Waals surface area contributed by atoms with Gasteiger partial charge in [0.25, 0.3) is 0 Å². The number of nitrogens with one attached hydrogen (secondary N) is 1. The molecule has 1 atom stereocenters. The van der Waals surface area contributed by atoms with Crippen LogP contribution in [-0.4, -0.2) is 23.3 Å². The van der Waals surface area contributed by atoms with Crippen LogP contribution in [0.25, 0.3) is 0 Å². The average molecular weight is 321 g/mol. The van der Waals surface area contributed by atoms with Crippen molar-refractivity contribution in [2.45, 2.75) is 18.3 Å². The highest BCUT2D eigenvalue weighted by molar-refractivity contribution is 7.99. The van der Waals surface area contributed by atoms with E-state index in [9.17, 15) is 9.90 Å². The molecule has 0 saturated heterocycles. The van der Waals surface area contributed by atoms with Gasteiger partial charge in [-0.15, -0.1) is 11.8 Å². The summed E-state index contributed by atoms with van der Waals surface area (Å²) in [7, 11) is 0. The number of benzene rings is 1. The van der Waals surface area contributed by atoms with Crippen LogP contribution in [0.15, 0.2) is 47.2 Å². The number of thiophene rings is 1. The highest BCUT2D eigenvalue weighted by Gasteiger charge is 2.08. The number of carbonyl (C=O) groups is 1. The zero-order chi connectivity index (χ0) is 14.9. The third kappa shape index (κ3) is 5.91. The van der Waals surface area contributed by atoms with E-state index < -0.39 is 6.10 Å². The smallest absolute Gasteiger partial charge is 0.230 e. The van der Waals surface area contributed by atoms with Crippen LogP contribution in [-0.2, 0) is 10.5 Å². The lowest BCUT2D eigenvalue weighted by molar-refractivity contribution is -0.118. The van der Waals surface area contributed by atoms with Gasteiger partial charge in [0.1, 0.15) is 0 Å². The standard InChI is InChI=1S/C16H19NO2S2/c18-15(14-7-9-20-11-14)6-8-17-16(19)12-21-10-13-4-2-1-3-5-13/h1-5,7,9,11,15,18H,6,8,10,12H2,(H,17,19)/t15-/m0/s1. The van der Waals surface area contributed by atoms with Gasteiger partial charge in [0.05, 0.1) is 11.9 Å². The molecule has 5 heteroatoms. The van der Waals surface area contributed by atoms with Crippen molar-refractivity contribution >= 4 is 29.0 Å². The van der Waals surface area contributed by atoms with E-state index in [0.29, 0.717) is 18.7 Å². The SMILES string of the molecule is O=C(CSCc1ccccc1)NCC[C@H](O)c1ccsc1. The average Bonchev–Trinajstić information content (AvgIpc) is 3.02. The fraction of sp³-hybridized carbons (Fsp3) is 0.312. The van der Waals surface area contributed by atoms with Gasteiger partial charge in [-0.3, -0.25) is 4.79 Å². The molecule has 1 aromatic carbocycles. The van der Waals surface area contributed by atoms with Gasteiger partial charge in [-0.05, 0) is 34.4 Å². The predicted molar refractivity (Wildman–Crippen MR) is 89.5 cm³/mol. The van der Waals surface area contributed by atoms with Crippen molar-refractivity contribution in [3.05, 3.63) is 58.3 Å². The van der Waals surface area contributed by atoms with Gasteiger partial charge in [-0.1, -0.05) is 30.3 Å². The van der Waals surface area contributed by atoms with Crippen LogP contribution < -0.4 is 5.32 Å². The Morgan fingerprint density at radius 1 is 1.29 bits per heavy atom. The molecule has 1 amide bonds. The van der Waals surface area contributed by atoms with Gasteiger partial charge < -0.3 is 10.4 Å². The minimum Gasteiger partial charge on any atom is -0.388 e. The number of amides is 1. The lowest BCUT2D eigenvalue weighted by Gasteiger charge is -2.10. The molecule has 0 saturated carbocycles. The zero-order valence-corrected chi connectivity index (χ0v) is 13.3. The molecule has 2 aromatic rings. The van der Waals surface area contributed by atoms with Crippen LogP contribution in [0.4, 0.5) is 0 Å². The zero-order valence-electron chi connectivity index (χ0n) is 11.7. The molecule has 21 heavy (non-hydrogen) atoms. The van der Waals surface area contributed by atoms with Crippen LogP contribution in [0.1, 0.15) is 23.7 Å². The Labute approximate surface area is 133 Å². The maximum atomic E-state index is 11.7. The number of thioether (sulfide) groups is 1. The Hall–Kier alpha value is -1.30. The summed E-state index contributed by atoms with van der Waals surface area (Å²) >= 11 is 3.16. The minimum absolute atomic E-state index is 0.0217. The maximum absolute atomic E-state index is 11.7. The summed E-state index contributed by atoms with van der Waals surface area (Å²) in [4.78, 5) is 11.7. The van der Waals surface area contributed by atoms with E-state index in [1.807, 2.05) is 35.0 Å². The van der Waals surface area contributed by atoms with E-state index in [-0.39, 0.29) is 5.91 Å². The fourth-order valence-corrected chi connectivity index (χ4v) is 3.39. The van der Waals surface area contributed by atoms with Crippen LogP contribution in [0.3, 0.4) is 0 Å². The minimum atomic E-state index is -0.492. The van der Waals surface area contributed by atoms with E-state index in [0.717, 1.165) is 11.3 Å². The molecule has 1 heterocycles. The van der Waals surface area contributed by atoms with Gasteiger partial charge >= 0.3 is 0 Å². The normalized spacial score (nSPS) is 12.0. The van der Waals surface area contributed by atoms with E-state index in [2.05, 4.69) is 17.4 Å². The van der Waals surface area contributed by atoms with Gasteiger partial charge in [-0.25, -0.2) is 0 Å². The first-order valence-electron chi connectivity index (χ1n) is 6.84. The summed E-state index contributed by atoms with van der Waals surface area (Å²) in [6.07, 6.45) is 0.0553. The second-order valence-electron chi connectivity index (χ2n) is 4.69. The molecule has 1 aromatic heterocycles. The summed E-state index contributed by atoms with van der Waals surface area (Å²) in [5.74, 6) is 1.31. The lowest BCUT2D eigenvalue weighted by Crippen LogP contribution is -2.27. The lowest BCUT2D eigenvalue weighted by atomic mass is 10.1. The summed E-state index contributed by atoms with van der Waals surface area (Å²) < 4.78 is 0. The van der Waals surface area contributed by atoms with E-state index in [1.165, 1.54) is 5.56 Å². The van der Waals surface area contributed by atoms with Crippen molar-refractivity contribution in [1.82, 2.24) is 5.32 Å². The van der Waals surface area contributed by atoms with Crippen molar-refractivity contribution < 1.29 is 9.90 Å². The number of rotatable bonds is 8. The third-order valence-corrected chi connectivity index (χ3v) is 4.72. The van der Waals surface area contributed by atoms with Crippen molar-refractivity contribution in [3.8, 4) is 0 Å². The predicted octanol–water partition coefficient (Wildman–Crippen LogP) is 3.22. The Morgan fingerprint density at radius 2 is 2.10 bits per heavy atom. The quantitative estimate of drug-likeness (QED) is 0.785. The van der Waals surface area contributed by atoms with Crippen LogP contribution in [0, 0.1) is 0 Å². The Balaban J connectivity index is 1.57. The van der Waals surface area contributed by atoms with Gasteiger partial charge in [0.2, 0.25) is 5.91 Å². The number of aliphatic hydroxyl groups excluding tert-OH is 1. The summed E-state index contributed by atoms with van der Waals surface area (Å²) in [6.45, 7) is 0.502. The molecule has 0 aliphatic carbocycles. The molecule has 2 N–H and O–H groups in total. The summed E-state index contributed by atoms with van der Waals surface area (Å²) in [6, 6.07) is 12.0. The maximum Gasteiger partial charge on any atom is 0.230 e. The van der Waals surface area contributed by atoms with E-state index in [4.69, 9.17) is 0 Å². The topological polar surface area (TPSA) is 49.3 Å². The molecule has 112 valence electrons. The third-order valence-electron chi connectivity index (χ3n) is 3.01. The molecule has 0 radical (unpaired) electrons. The number of aliphatic hydroxyl groups is 1. The monoisotopic (exact) mass is 321 g/mol. The molecule has 0 aliphatic heterocycles. The Kier molecular flexibility index (Phi) is 6.79. The van der Waals surface area contributed by atoms with Crippen LogP contribution in [0.2, 0.25) is 0 Å². The molecule has 0 unspecified atom stereocenters.